The Balaban J connectivity index is 2.01. The van der Waals surface area contributed by atoms with E-state index in [2.05, 4.69) is 10.2 Å². The lowest BCUT2D eigenvalue weighted by Gasteiger charge is -2.30. The molecule has 138 valence electrons. The zero-order valence-corrected chi connectivity index (χ0v) is 15.6. The number of hydrogen-bond acceptors (Lipinski definition) is 5. The number of amides is 1. The van der Waals surface area contributed by atoms with E-state index in [0.29, 0.717) is 17.0 Å². The van der Waals surface area contributed by atoms with Crippen LogP contribution in [0.3, 0.4) is 0 Å². The molecule has 1 heterocycles. The Bertz CT molecular complexity index is 960. The smallest absolute Gasteiger partial charge is 0.250 e. The van der Waals surface area contributed by atoms with Gasteiger partial charge in [0.25, 0.3) is 0 Å². The highest BCUT2D eigenvalue weighted by atomic mass is 16.1. The highest BCUT2D eigenvalue weighted by Crippen LogP contribution is 2.29. The maximum absolute atomic E-state index is 12.1. The van der Waals surface area contributed by atoms with Crippen molar-refractivity contribution in [2.24, 2.45) is 21.0 Å². The van der Waals surface area contributed by atoms with Crippen molar-refractivity contribution in [1.29, 1.82) is 0 Å². The third kappa shape index (κ3) is 4.16. The second kappa shape index (κ2) is 7.23. The number of nitrogens with zero attached hydrogens (tertiary/aromatic N) is 3. The average Bonchev–Trinajstić information content (AvgIpc) is 2.60. The fourth-order valence-electron chi connectivity index (χ4n) is 3.18. The minimum atomic E-state index is -0.994. The first kappa shape index (κ1) is 18.6. The molecule has 0 aliphatic carbocycles. The average molecular weight is 362 g/mol. The number of Topliss-reactive ketones (excluding diaryl/α,β-unsaturated/α-hetero) is 1. The third-order valence-corrected chi connectivity index (χ3v) is 4.41. The van der Waals surface area contributed by atoms with Gasteiger partial charge >= 0.3 is 0 Å². The molecule has 3 rings (SSSR count). The predicted molar refractivity (Wildman–Crippen MR) is 105 cm³/mol. The maximum atomic E-state index is 12.1. The largest absolute Gasteiger partial charge is 0.367 e. The first-order valence-electron chi connectivity index (χ1n) is 8.76. The number of azo groups is 1. The molecule has 27 heavy (non-hydrogen) atoms. The van der Waals surface area contributed by atoms with Crippen LogP contribution in [0.25, 0.3) is 0 Å². The molecule has 2 aromatic carbocycles. The molecule has 1 amide bonds. The Kier molecular flexibility index (Phi) is 4.99. The summed E-state index contributed by atoms with van der Waals surface area (Å²) in [6.07, 6.45) is 0.774. The third-order valence-electron chi connectivity index (χ3n) is 4.41. The second-order valence-corrected chi connectivity index (χ2v) is 7.27. The normalized spacial score (nSPS) is 16.5. The van der Waals surface area contributed by atoms with Gasteiger partial charge in [-0.05, 0) is 44.9 Å². The molecule has 1 unspecified atom stereocenters. The Labute approximate surface area is 158 Å². The summed E-state index contributed by atoms with van der Waals surface area (Å²) in [6.45, 7) is 5.50. The summed E-state index contributed by atoms with van der Waals surface area (Å²) in [5, 5.41) is 8.35. The van der Waals surface area contributed by atoms with E-state index in [9.17, 15) is 9.59 Å². The molecule has 2 aromatic rings. The van der Waals surface area contributed by atoms with Gasteiger partial charge in [0.15, 0.2) is 11.8 Å². The summed E-state index contributed by atoms with van der Waals surface area (Å²) >= 11 is 0. The van der Waals surface area contributed by atoms with Crippen molar-refractivity contribution in [2.45, 2.75) is 38.8 Å². The van der Waals surface area contributed by atoms with Crippen molar-refractivity contribution in [1.82, 2.24) is 0 Å². The summed E-state index contributed by atoms with van der Waals surface area (Å²) in [5.41, 5.74) is 8.79. The van der Waals surface area contributed by atoms with Crippen LogP contribution in [-0.2, 0) is 11.2 Å². The van der Waals surface area contributed by atoms with Crippen LogP contribution in [0.4, 0.5) is 5.69 Å². The van der Waals surface area contributed by atoms with E-state index in [1.165, 1.54) is 6.92 Å². The quantitative estimate of drug-likeness (QED) is 0.649. The molecule has 0 radical (unpaired) electrons. The molecule has 0 bridgehead atoms. The van der Waals surface area contributed by atoms with E-state index in [1.54, 1.807) is 24.3 Å². The molecule has 1 aliphatic rings. The van der Waals surface area contributed by atoms with Gasteiger partial charge in [0.05, 0.1) is 16.9 Å². The molecule has 0 saturated carbocycles. The Hall–Kier alpha value is -3.15. The molecule has 0 fully saturated rings. The van der Waals surface area contributed by atoms with E-state index >= 15 is 0 Å². The van der Waals surface area contributed by atoms with Crippen LogP contribution in [-0.4, -0.2) is 29.0 Å². The first-order chi connectivity index (χ1) is 12.8. The van der Waals surface area contributed by atoms with Gasteiger partial charge in [-0.3, -0.25) is 14.6 Å². The van der Waals surface area contributed by atoms with Gasteiger partial charge in [-0.2, -0.15) is 10.2 Å². The van der Waals surface area contributed by atoms with Gasteiger partial charge in [0.1, 0.15) is 0 Å². The number of hydrogen-bond donors (Lipinski definition) is 1. The zero-order chi connectivity index (χ0) is 19.6. The number of nitrogens with two attached hydrogens (primary N) is 1. The van der Waals surface area contributed by atoms with Gasteiger partial charge in [0.2, 0.25) is 5.91 Å². The van der Waals surface area contributed by atoms with Gasteiger partial charge < -0.3 is 5.73 Å². The zero-order valence-electron chi connectivity index (χ0n) is 15.6. The molecule has 2 N–H and O–H groups in total. The number of ketones is 1. The van der Waals surface area contributed by atoms with Crippen LogP contribution in [0.5, 0.6) is 0 Å². The number of carbonyl (C=O) groups excluding carboxylic acids is 2. The fourth-order valence-corrected chi connectivity index (χ4v) is 3.18. The van der Waals surface area contributed by atoms with E-state index in [-0.39, 0.29) is 11.3 Å². The summed E-state index contributed by atoms with van der Waals surface area (Å²) in [5.74, 6) is -0.682. The van der Waals surface area contributed by atoms with E-state index in [1.807, 2.05) is 38.1 Å². The molecule has 6 heteroatoms. The number of primary amides is 1. The molecule has 6 nitrogen and oxygen atoms in total. The summed E-state index contributed by atoms with van der Waals surface area (Å²) in [4.78, 5) is 28.4. The Morgan fingerprint density at radius 3 is 2.59 bits per heavy atom. The molecule has 0 saturated heterocycles. The highest BCUT2D eigenvalue weighted by molar-refractivity contribution is 6.17. The molecule has 0 aromatic heterocycles. The fraction of sp³-hybridized carbons (Fsp3) is 0.286. The molecular formula is C21H22N4O2. The number of benzene rings is 2. The van der Waals surface area contributed by atoms with Crippen LogP contribution < -0.4 is 5.73 Å². The van der Waals surface area contributed by atoms with Crippen molar-refractivity contribution in [3.05, 3.63) is 65.2 Å². The van der Waals surface area contributed by atoms with Gasteiger partial charge in [0, 0.05) is 11.1 Å². The lowest BCUT2D eigenvalue weighted by atomic mass is 9.85. The van der Waals surface area contributed by atoms with Crippen LogP contribution in [0.2, 0.25) is 0 Å². The lowest BCUT2D eigenvalue weighted by Crippen LogP contribution is -2.40. The van der Waals surface area contributed by atoms with E-state index in [4.69, 9.17) is 10.7 Å². The monoisotopic (exact) mass is 362 g/mol. The molecule has 1 aliphatic heterocycles. The van der Waals surface area contributed by atoms with Gasteiger partial charge in [-0.25, -0.2) is 0 Å². The van der Waals surface area contributed by atoms with Crippen LogP contribution in [0.15, 0.2) is 63.8 Å². The summed E-state index contributed by atoms with van der Waals surface area (Å²) in [7, 11) is 0. The van der Waals surface area contributed by atoms with Crippen molar-refractivity contribution in [3.8, 4) is 0 Å². The predicted octanol–water partition coefficient (Wildman–Crippen LogP) is 3.65. The van der Waals surface area contributed by atoms with Crippen molar-refractivity contribution in [2.75, 3.05) is 0 Å². The van der Waals surface area contributed by atoms with Crippen LogP contribution >= 0.6 is 0 Å². The van der Waals surface area contributed by atoms with Gasteiger partial charge in [-0.1, -0.05) is 36.4 Å². The number of carbonyl (C=O) groups is 2. The number of rotatable bonds is 5. The summed E-state index contributed by atoms with van der Waals surface area (Å²) in [6, 6.07) is 13.6. The van der Waals surface area contributed by atoms with Crippen molar-refractivity contribution < 1.29 is 9.59 Å². The van der Waals surface area contributed by atoms with E-state index in [0.717, 1.165) is 17.5 Å². The van der Waals surface area contributed by atoms with Crippen molar-refractivity contribution in [3.63, 3.8) is 0 Å². The van der Waals surface area contributed by atoms with E-state index < -0.39 is 11.9 Å². The second-order valence-electron chi connectivity index (χ2n) is 7.27. The topological polar surface area (TPSA) is 97.2 Å². The molecule has 1 atom stereocenters. The van der Waals surface area contributed by atoms with Gasteiger partial charge in [-0.15, -0.1) is 0 Å². The molecular weight excluding hydrogens is 340 g/mol. The number of aliphatic imine (C=N–C) groups is 1. The minimum absolute atomic E-state index is 0.0640. The molecule has 0 spiro atoms. The number of fused-ring (bicyclic) bond motifs is 1. The maximum Gasteiger partial charge on any atom is 0.250 e. The van der Waals surface area contributed by atoms with Crippen molar-refractivity contribution >= 4 is 23.1 Å². The van der Waals surface area contributed by atoms with Crippen LogP contribution in [0.1, 0.15) is 42.3 Å². The Morgan fingerprint density at radius 1 is 1.15 bits per heavy atom. The Morgan fingerprint density at radius 2 is 1.89 bits per heavy atom. The highest BCUT2D eigenvalue weighted by Gasteiger charge is 2.33. The minimum Gasteiger partial charge on any atom is -0.367 e. The first-order valence-corrected chi connectivity index (χ1v) is 8.76. The standard InChI is InChI=1S/C21H22N4O2/c1-13(26)14-8-6-9-16(11-14)24-25-19(20(22)27)18-17-10-5-4-7-15(17)12-21(2,3)23-18/h4-11,19H,12H2,1-3H3,(H2,22,27). The van der Waals surface area contributed by atoms with Crippen LogP contribution in [0, 0.1) is 0 Å². The summed E-state index contributed by atoms with van der Waals surface area (Å²) < 4.78 is 0. The SMILES string of the molecule is CC(=O)c1cccc(N=NC(C(N)=O)C2=NC(C)(C)Cc3ccccc32)c1. The lowest BCUT2D eigenvalue weighted by molar-refractivity contribution is -0.117.